The summed E-state index contributed by atoms with van der Waals surface area (Å²) in [5.74, 6) is 0.782. The number of aryl methyl sites for hydroxylation is 2. The van der Waals surface area contributed by atoms with Crippen molar-refractivity contribution in [2.75, 3.05) is 12.3 Å². The van der Waals surface area contributed by atoms with Crippen LogP contribution < -0.4 is 4.57 Å². The molecular weight excluding hydrogens is 452 g/mol. The Morgan fingerprint density at radius 3 is 2.42 bits per heavy atom. The van der Waals surface area contributed by atoms with E-state index in [2.05, 4.69) is 41.8 Å². The van der Waals surface area contributed by atoms with Crippen molar-refractivity contribution >= 4 is 55.4 Å². The Morgan fingerprint density at radius 1 is 1.13 bits per heavy atom. The van der Waals surface area contributed by atoms with Crippen molar-refractivity contribution in [3.63, 3.8) is 0 Å². The smallest absolute Gasteiger partial charge is 0.265 e. The van der Waals surface area contributed by atoms with Gasteiger partial charge in [0.2, 0.25) is 11.4 Å². The number of rotatable bonds is 4. The number of para-hydroxylation sites is 1. The number of hydrogen-bond acceptors (Lipinski definition) is 6. The lowest BCUT2D eigenvalue weighted by Gasteiger charge is -2.12. The van der Waals surface area contributed by atoms with Crippen LogP contribution in [0.1, 0.15) is 24.4 Å². The maximum absolute atomic E-state index is 11.8. The predicted octanol–water partition coefficient (Wildman–Crippen LogP) is 4.00. The van der Waals surface area contributed by atoms with Crippen LogP contribution in [0.4, 0.5) is 0 Å². The van der Waals surface area contributed by atoms with Crippen LogP contribution in [0, 0.1) is 6.92 Å². The van der Waals surface area contributed by atoms with Crippen LogP contribution in [0.25, 0.3) is 16.3 Å². The van der Waals surface area contributed by atoms with E-state index in [1.165, 1.54) is 27.4 Å². The molecule has 1 aliphatic heterocycles. The van der Waals surface area contributed by atoms with E-state index < -0.39 is 10.1 Å². The molecule has 3 aromatic rings. The lowest BCUT2D eigenvalue weighted by molar-refractivity contribution is -0.665. The number of thioether (sulfide) groups is 1. The van der Waals surface area contributed by atoms with Gasteiger partial charge in [-0.1, -0.05) is 52.9 Å². The molecule has 0 radical (unpaired) electrons. The molecule has 0 bridgehead atoms. The fraction of sp³-hybridized carbons (Fsp3) is 0.273. The first-order valence-electron chi connectivity index (χ1n) is 9.83. The van der Waals surface area contributed by atoms with Crippen LogP contribution in [-0.2, 0) is 21.5 Å². The maximum Gasteiger partial charge on any atom is 0.265 e. The number of hydrogen-bond donors (Lipinski definition) is 0. The summed E-state index contributed by atoms with van der Waals surface area (Å²) in [6, 6.07) is 14.2. The van der Waals surface area contributed by atoms with Gasteiger partial charge in [0.15, 0.2) is 0 Å². The number of amides is 1. The average molecular weight is 477 g/mol. The molecule has 0 spiro atoms. The molecule has 1 amide bonds. The highest BCUT2D eigenvalue weighted by molar-refractivity contribution is 8.04. The largest absolute Gasteiger partial charge is 0.744 e. The Labute approximate surface area is 191 Å². The summed E-state index contributed by atoms with van der Waals surface area (Å²) in [7, 11) is -4.27. The highest BCUT2D eigenvalue weighted by Crippen LogP contribution is 2.32. The molecule has 0 atom stereocenters. The molecule has 2 heterocycles. The SMILES string of the molecule is CCN1C(=O)CSC1=Cc1sc2ccccc2[n+]1CC.Cc1ccc(S(=O)(=O)[O-])cc1. The number of fused-ring (bicyclic) bond motifs is 1. The highest BCUT2D eigenvalue weighted by atomic mass is 32.2. The second kappa shape index (κ2) is 9.95. The summed E-state index contributed by atoms with van der Waals surface area (Å²) in [5, 5.41) is 2.29. The van der Waals surface area contributed by atoms with Crippen LogP contribution in [0.15, 0.2) is 58.5 Å². The number of nitrogens with zero attached hydrogens (tertiary/aromatic N) is 2. The van der Waals surface area contributed by atoms with Gasteiger partial charge in [-0.05, 0) is 39.0 Å². The average Bonchev–Trinajstić information content (AvgIpc) is 3.27. The molecule has 0 unspecified atom stereocenters. The summed E-state index contributed by atoms with van der Waals surface area (Å²) in [5.41, 5.74) is 2.20. The molecular formula is C22H24N2O4S3. The molecule has 6 nitrogen and oxygen atoms in total. The summed E-state index contributed by atoms with van der Waals surface area (Å²) in [4.78, 5) is 13.5. The first-order chi connectivity index (χ1) is 14.7. The van der Waals surface area contributed by atoms with Crippen molar-refractivity contribution in [1.29, 1.82) is 0 Å². The molecule has 9 heteroatoms. The minimum Gasteiger partial charge on any atom is -0.744 e. The monoisotopic (exact) mass is 476 g/mol. The predicted molar refractivity (Wildman–Crippen MR) is 125 cm³/mol. The van der Waals surface area contributed by atoms with Gasteiger partial charge in [-0.2, -0.15) is 4.57 Å². The van der Waals surface area contributed by atoms with Crippen molar-refractivity contribution in [2.24, 2.45) is 0 Å². The number of carbonyl (C=O) groups is 1. The van der Waals surface area contributed by atoms with Gasteiger partial charge in [0.25, 0.3) is 5.01 Å². The lowest BCUT2D eigenvalue weighted by atomic mass is 10.2. The van der Waals surface area contributed by atoms with Crippen molar-refractivity contribution in [3.8, 4) is 0 Å². The zero-order valence-electron chi connectivity index (χ0n) is 17.6. The normalized spacial score (nSPS) is 15.4. The summed E-state index contributed by atoms with van der Waals surface area (Å²) in [6.45, 7) is 7.69. The van der Waals surface area contributed by atoms with E-state index >= 15 is 0 Å². The Morgan fingerprint density at radius 2 is 1.81 bits per heavy atom. The van der Waals surface area contributed by atoms with Gasteiger partial charge < -0.3 is 9.45 Å². The van der Waals surface area contributed by atoms with Crippen molar-refractivity contribution in [2.45, 2.75) is 32.2 Å². The molecule has 2 aromatic carbocycles. The van der Waals surface area contributed by atoms with Crippen molar-refractivity contribution in [1.82, 2.24) is 4.90 Å². The van der Waals surface area contributed by atoms with E-state index in [1.807, 2.05) is 18.7 Å². The fourth-order valence-electron chi connectivity index (χ4n) is 3.16. The third kappa shape index (κ3) is 5.54. The standard InChI is InChI=1S/C15H17N2OS2.C7H8O3S/c1-3-16-11-7-5-6-8-12(11)20-15(16)9-14-17(4-2)13(18)10-19-14;1-6-2-4-7(5-3-6)11(8,9)10/h5-9H,3-4,10H2,1-2H3;2-5H,1H3,(H,8,9,10)/q+1;/p-1. The molecule has 4 rings (SSSR count). The van der Waals surface area contributed by atoms with Gasteiger partial charge in [-0.25, -0.2) is 8.42 Å². The molecule has 0 aliphatic carbocycles. The zero-order valence-corrected chi connectivity index (χ0v) is 20.0. The van der Waals surface area contributed by atoms with E-state index in [1.54, 1.807) is 35.2 Å². The zero-order chi connectivity index (χ0) is 22.6. The quantitative estimate of drug-likeness (QED) is 0.420. The second-order valence-corrected chi connectivity index (χ2v) is 10.3. The van der Waals surface area contributed by atoms with E-state index in [-0.39, 0.29) is 10.8 Å². The third-order valence-corrected chi connectivity index (χ3v) is 7.72. The molecule has 31 heavy (non-hydrogen) atoms. The number of thiazole rings is 1. The van der Waals surface area contributed by atoms with Gasteiger partial charge in [0, 0.05) is 12.6 Å². The van der Waals surface area contributed by atoms with Gasteiger partial charge in [0.05, 0.1) is 21.8 Å². The first kappa shape index (κ1) is 23.5. The van der Waals surface area contributed by atoms with Gasteiger partial charge in [0.1, 0.15) is 21.4 Å². The lowest BCUT2D eigenvalue weighted by Crippen LogP contribution is -2.33. The van der Waals surface area contributed by atoms with Crippen LogP contribution >= 0.6 is 23.1 Å². The highest BCUT2D eigenvalue weighted by Gasteiger charge is 2.27. The number of aromatic nitrogens is 1. The Kier molecular flexibility index (Phi) is 7.53. The molecule has 0 saturated carbocycles. The Hall–Kier alpha value is -2.20. The minimum atomic E-state index is -4.27. The van der Waals surface area contributed by atoms with Crippen molar-refractivity contribution in [3.05, 3.63) is 64.1 Å². The Balaban J connectivity index is 0.000000210. The van der Waals surface area contributed by atoms with Gasteiger partial charge in [-0.3, -0.25) is 4.79 Å². The molecule has 1 saturated heterocycles. The molecule has 1 fully saturated rings. The number of benzene rings is 2. The second-order valence-electron chi connectivity index (χ2n) is 6.83. The molecule has 0 N–H and O–H groups in total. The Bertz CT molecular complexity index is 1220. The van der Waals surface area contributed by atoms with E-state index in [0.717, 1.165) is 23.7 Å². The minimum absolute atomic E-state index is 0.178. The molecule has 1 aliphatic rings. The first-order valence-corrected chi connectivity index (χ1v) is 13.0. The van der Waals surface area contributed by atoms with Crippen molar-refractivity contribution < 1.29 is 22.3 Å². The molecule has 1 aromatic heterocycles. The van der Waals surface area contributed by atoms with Gasteiger partial charge >= 0.3 is 0 Å². The summed E-state index contributed by atoms with van der Waals surface area (Å²) < 4.78 is 34.8. The van der Waals surface area contributed by atoms with Crippen LogP contribution in [-0.4, -0.2) is 36.1 Å². The van der Waals surface area contributed by atoms with E-state index in [4.69, 9.17) is 0 Å². The summed E-state index contributed by atoms with van der Waals surface area (Å²) >= 11 is 3.42. The fourth-order valence-corrected chi connectivity index (χ4v) is 5.88. The van der Waals surface area contributed by atoms with Crippen LogP contribution in [0.3, 0.4) is 0 Å². The molecule has 164 valence electrons. The third-order valence-electron chi connectivity index (χ3n) is 4.74. The van der Waals surface area contributed by atoms with E-state index in [9.17, 15) is 17.8 Å². The number of carbonyl (C=O) groups excluding carboxylic acids is 1. The maximum atomic E-state index is 11.8. The van der Waals surface area contributed by atoms with Crippen LogP contribution in [0.2, 0.25) is 0 Å². The topological polar surface area (TPSA) is 81.4 Å². The van der Waals surface area contributed by atoms with E-state index in [0.29, 0.717) is 5.75 Å². The van der Waals surface area contributed by atoms with Gasteiger partial charge in [-0.15, -0.1) is 0 Å². The summed E-state index contributed by atoms with van der Waals surface area (Å²) in [6.07, 6.45) is 2.16. The van der Waals surface area contributed by atoms with Crippen LogP contribution in [0.5, 0.6) is 0 Å².